The Balaban J connectivity index is 1.57. The molecule has 0 unspecified atom stereocenters. The molecule has 1 amide bonds. The molecule has 2 aromatic carbocycles. The average molecular weight is 381 g/mol. The lowest BCUT2D eigenvalue weighted by molar-refractivity contribution is -0.119. The van der Waals surface area contributed by atoms with Gasteiger partial charge in [0.2, 0.25) is 11.1 Å². The van der Waals surface area contributed by atoms with Crippen LogP contribution in [-0.2, 0) is 4.79 Å². The number of hydrogen-bond donors (Lipinski definition) is 2. The lowest BCUT2D eigenvalue weighted by atomic mass is 9.97. The first-order valence-corrected chi connectivity index (χ1v) is 10.1. The highest BCUT2D eigenvalue weighted by Gasteiger charge is 2.17. The Hall–Kier alpha value is -2.60. The molecule has 2 N–H and O–H groups in total. The van der Waals surface area contributed by atoms with Gasteiger partial charge in [0.05, 0.1) is 11.8 Å². The van der Waals surface area contributed by atoms with E-state index in [0.29, 0.717) is 16.9 Å². The van der Waals surface area contributed by atoms with Gasteiger partial charge in [-0.2, -0.15) is 0 Å². The van der Waals surface area contributed by atoms with Crippen LogP contribution in [0.15, 0.2) is 65.8 Å². The number of aromatic nitrogens is 3. The molecule has 1 atom stereocenters. The Morgan fingerprint density at radius 3 is 2.41 bits per heavy atom. The minimum atomic E-state index is -0.0134. The van der Waals surface area contributed by atoms with E-state index in [4.69, 9.17) is 0 Å². The third-order valence-electron chi connectivity index (χ3n) is 4.09. The molecule has 3 aromatic rings. The molecule has 0 aliphatic heterocycles. The molecular formula is C21H24N4OS. The molecule has 0 spiro atoms. The summed E-state index contributed by atoms with van der Waals surface area (Å²) in [6.45, 7) is 4.32. The zero-order chi connectivity index (χ0) is 19.1. The van der Waals surface area contributed by atoms with Crippen LogP contribution in [0.3, 0.4) is 0 Å². The van der Waals surface area contributed by atoms with Crippen LogP contribution >= 0.6 is 11.8 Å². The van der Waals surface area contributed by atoms with Crippen LogP contribution in [0, 0.1) is 5.92 Å². The first-order valence-electron chi connectivity index (χ1n) is 9.06. The van der Waals surface area contributed by atoms with E-state index in [9.17, 15) is 4.79 Å². The van der Waals surface area contributed by atoms with Gasteiger partial charge in [0.15, 0.2) is 5.82 Å². The van der Waals surface area contributed by atoms with Crippen molar-refractivity contribution in [3.63, 3.8) is 0 Å². The number of nitrogens with zero attached hydrogens (tertiary/aromatic N) is 2. The fourth-order valence-corrected chi connectivity index (χ4v) is 3.45. The van der Waals surface area contributed by atoms with Gasteiger partial charge in [-0.25, -0.2) is 4.98 Å². The Labute approximate surface area is 164 Å². The molecule has 5 nitrogen and oxygen atoms in total. The number of carbonyl (C=O) groups excluding carboxylic acids is 1. The predicted octanol–water partition coefficient (Wildman–Crippen LogP) is 4.47. The van der Waals surface area contributed by atoms with E-state index in [1.807, 2.05) is 48.5 Å². The quantitative estimate of drug-likeness (QED) is 0.566. The summed E-state index contributed by atoms with van der Waals surface area (Å²) >= 11 is 1.33. The molecule has 6 heteroatoms. The van der Waals surface area contributed by atoms with Gasteiger partial charge >= 0.3 is 0 Å². The summed E-state index contributed by atoms with van der Waals surface area (Å²) in [4.78, 5) is 16.9. The molecule has 0 saturated heterocycles. The van der Waals surface area contributed by atoms with Crippen molar-refractivity contribution in [2.24, 2.45) is 5.92 Å². The van der Waals surface area contributed by atoms with Crippen LogP contribution in [0.25, 0.3) is 11.4 Å². The highest BCUT2D eigenvalue weighted by Crippen LogP contribution is 2.22. The summed E-state index contributed by atoms with van der Waals surface area (Å²) in [5, 5.41) is 10.8. The molecule has 1 heterocycles. The van der Waals surface area contributed by atoms with Crippen LogP contribution in [0.5, 0.6) is 0 Å². The first kappa shape index (κ1) is 19.2. The number of H-pyrrole nitrogens is 1. The summed E-state index contributed by atoms with van der Waals surface area (Å²) in [5.74, 6) is 1.47. The fraction of sp³-hybridized carbons (Fsp3) is 0.286. The molecular weight excluding hydrogens is 356 g/mol. The second-order valence-corrected chi connectivity index (χ2v) is 7.72. The second-order valence-electron chi connectivity index (χ2n) is 6.78. The molecule has 27 heavy (non-hydrogen) atoms. The van der Waals surface area contributed by atoms with Crippen LogP contribution in [0.4, 0.5) is 0 Å². The number of hydrogen-bond acceptors (Lipinski definition) is 4. The Kier molecular flexibility index (Phi) is 6.65. The maximum atomic E-state index is 12.5. The minimum absolute atomic E-state index is 0.0134. The predicted molar refractivity (Wildman–Crippen MR) is 109 cm³/mol. The van der Waals surface area contributed by atoms with Gasteiger partial charge in [0.1, 0.15) is 0 Å². The van der Waals surface area contributed by atoms with Gasteiger partial charge in [-0.05, 0) is 17.9 Å². The van der Waals surface area contributed by atoms with Crippen molar-refractivity contribution in [3.05, 3.63) is 66.2 Å². The van der Waals surface area contributed by atoms with Crippen LogP contribution in [-0.4, -0.2) is 26.8 Å². The lowest BCUT2D eigenvalue weighted by Gasteiger charge is -2.21. The van der Waals surface area contributed by atoms with Crippen molar-refractivity contribution >= 4 is 17.7 Å². The maximum Gasteiger partial charge on any atom is 0.230 e. The second kappa shape index (κ2) is 9.37. The van der Waals surface area contributed by atoms with E-state index in [0.717, 1.165) is 17.5 Å². The number of rotatable bonds is 8. The Morgan fingerprint density at radius 2 is 1.74 bits per heavy atom. The number of nitrogens with one attached hydrogen (secondary N) is 2. The van der Waals surface area contributed by atoms with Crippen molar-refractivity contribution < 1.29 is 4.79 Å². The average Bonchev–Trinajstić information content (AvgIpc) is 3.16. The number of amides is 1. The first-order chi connectivity index (χ1) is 13.1. The monoisotopic (exact) mass is 380 g/mol. The number of benzene rings is 2. The third kappa shape index (κ3) is 5.69. The summed E-state index contributed by atoms with van der Waals surface area (Å²) < 4.78 is 0. The van der Waals surface area contributed by atoms with Crippen molar-refractivity contribution in [3.8, 4) is 11.4 Å². The fourth-order valence-electron chi connectivity index (χ4n) is 2.84. The molecule has 0 saturated carbocycles. The van der Waals surface area contributed by atoms with E-state index in [1.54, 1.807) is 0 Å². The van der Waals surface area contributed by atoms with E-state index in [-0.39, 0.29) is 17.7 Å². The van der Waals surface area contributed by atoms with Crippen molar-refractivity contribution in [1.82, 2.24) is 20.5 Å². The Bertz CT molecular complexity index is 849. The van der Waals surface area contributed by atoms with Crippen molar-refractivity contribution in [1.29, 1.82) is 0 Å². The molecule has 3 rings (SSSR count). The summed E-state index contributed by atoms with van der Waals surface area (Å²) in [5.41, 5.74) is 2.11. The molecule has 140 valence electrons. The Morgan fingerprint density at radius 1 is 1.07 bits per heavy atom. The maximum absolute atomic E-state index is 12.5. The molecule has 0 aliphatic rings. The number of thioether (sulfide) groups is 1. The highest BCUT2D eigenvalue weighted by atomic mass is 32.2. The zero-order valence-corrected chi connectivity index (χ0v) is 16.4. The van der Waals surface area contributed by atoms with Gasteiger partial charge < -0.3 is 5.32 Å². The van der Waals surface area contributed by atoms with E-state index in [2.05, 4.69) is 46.5 Å². The van der Waals surface area contributed by atoms with Gasteiger partial charge in [-0.1, -0.05) is 86.3 Å². The van der Waals surface area contributed by atoms with Crippen LogP contribution in [0.1, 0.15) is 31.9 Å². The molecule has 1 aromatic heterocycles. The van der Waals surface area contributed by atoms with Gasteiger partial charge in [0, 0.05) is 5.56 Å². The van der Waals surface area contributed by atoms with Gasteiger partial charge in [-0.3, -0.25) is 9.89 Å². The van der Waals surface area contributed by atoms with E-state index in [1.165, 1.54) is 11.8 Å². The van der Waals surface area contributed by atoms with Crippen LogP contribution < -0.4 is 5.32 Å². The third-order valence-corrected chi connectivity index (χ3v) is 4.94. The van der Waals surface area contributed by atoms with Crippen molar-refractivity contribution in [2.45, 2.75) is 31.5 Å². The summed E-state index contributed by atoms with van der Waals surface area (Å²) in [6, 6.07) is 19.9. The van der Waals surface area contributed by atoms with E-state index >= 15 is 0 Å². The molecule has 0 fully saturated rings. The van der Waals surface area contributed by atoms with E-state index < -0.39 is 0 Å². The van der Waals surface area contributed by atoms with Gasteiger partial charge in [-0.15, -0.1) is 5.10 Å². The topological polar surface area (TPSA) is 70.7 Å². The van der Waals surface area contributed by atoms with Crippen LogP contribution in [0.2, 0.25) is 0 Å². The highest BCUT2D eigenvalue weighted by molar-refractivity contribution is 7.99. The summed E-state index contributed by atoms with van der Waals surface area (Å²) in [6.07, 6.45) is 0.902. The SMILES string of the molecule is CC(C)C[C@@H](NC(=O)CSc1n[nH]c(-c2ccccc2)n1)c1ccccc1. The van der Waals surface area contributed by atoms with Crippen molar-refractivity contribution in [2.75, 3.05) is 5.75 Å². The molecule has 0 aliphatic carbocycles. The molecule has 0 radical (unpaired) electrons. The zero-order valence-electron chi connectivity index (χ0n) is 15.6. The standard InChI is InChI=1S/C21H24N4OS/c1-15(2)13-18(16-9-5-3-6-10-16)22-19(26)14-27-21-23-20(24-25-21)17-11-7-4-8-12-17/h3-12,15,18H,13-14H2,1-2H3,(H,22,26)(H,23,24,25)/t18-/m1/s1. The van der Waals surface area contributed by atoms with Gasteiger partial charge in [0.25, 0.3) is 0 Å². The largest absolute Gasteiger partial charge is 0.349 e. The normalized spacial score (nSPS) is 12.1. The number of aromatic amines is 1. The summed E-state index contributed by atoms with van der Waals surface area (Å²) in [7, 11) is 0. The lowest BCUT2D eigenvalue weighted by Crippen LogP contribution is -2.30. The molecule has 0 bridgehead atoms. The smallest absolute Gasteiger partial charge is 0.230 e. The number of carbonyl (C=O) groups is 1. The minimum Gasteiger partial charge on any atom is -0.349 e.